The molecule has 3 unspecified atom stereocenters. The van der Waals surface area contributed by atoms with E-state index in [9.17, 15) is 0 Å². The van der Waals surface area contributed by atoms with Crippen molar-refractivity contribution in [3.8, 4) is 0 Å². The monoisotopic (exact) mass is 266 g/mol. The van der Waals surface area contributed by atoms with Gasteiger partial charge in [0.25, 0.3) is 0 Å². The summed E-state index contributed by atoms with van der Waals surface area (Å²) in [6, 6.07) is 0. The topological polar surface area (TPSA) is 0 Å². The lowest BCUT2D eigenvalue weighted by Crippen LogP contribution is -2.19. The summed E-state index contributed by atoms with van der Waals surface area (Å²) in [5, 5.41) is 1.73. The Morgan fingerprint density at radius 2 is 1.79 bits per heavy atom. The molecular weight excluding hydrogens is 248 g/mol. The molecule has 0 N–H and O–H groups in total. The van der Waals surface area contributed by atoms with E-state index in [4.69, 9.17) is 0 Å². The van der Waals surface area contributed by atoms with Crippen molar-refractivity contribution < 1.29 is 0 Å². The van der Waals surface area contributed by atoms with Crippen LogP contribution in [0.4, 0.5) is 0 Å². The molecule has 2 rings (SSSR count). The molecule has 3 atom stereocenters. The van der Waals surface area contributed by atoms with E-state index < -0.39 is 0 Å². The van der Waals surface area contributed by atoms with Gasteiger partial charge in [0.05, 0.1) is 0 Å². The lowest BCUT2D eigenvalue weighted by Gasteiger charge is -2.30. The summed E-state index contributed by atoms with van der Waals surface area (Å²) < 4.78 is 0.536. The van der Waals surface area contributed by atoms with Gasteiger partial charge in [0.15, 0.2) is 0 Å². The van der Waals surface area contributed by atoms with Crippen molar-refractivity contribution in [3.05, 3.63) is 0 Å². The second-order valence-electron chi connectivity index (χ2n) is 4.02. The molecule has 0 aromatic rings. The normalized spacial score (nSPS) is 45.0. The number of thioether (sulfide) groups is 4. The maximum absolute atomic E-state index is 2.38. The third-order valence-corrected chi connectivity index (χ3v) is 9.91. The minimum absolute atomic E-state index is 0.536. The van der Waals surface area contributed by atoms with Crippen molar-refractivity contribution >= 4 is 47.0 Å². The second-order valence-corrected chi connectivity index (χ2v) is 10.7. The van der Waals surface area contributed by atoms with Crippen molar-refractivity contribution in [2.75, 3.05) is 17.3 Å². The fraction of sp³-hybridized carbons (Fsp3) is 1.00. The highest BCUT2D eigenvalue weighted by Crippen LogP contribution is 2.58. The Morgan fingerprint density at radius 3 is 2.50 bits per heavy atom. The van der Waals surface area contributed by atoms with Crippen LogP contribution < -0.4 is 0 Å². The van der Waals surface area contributed by atoms with Gasteiger partial charge in [0, 0.05) is 22.0 Å². The molecule has 2 saturated heterocycles. The van der Waals surface area contributed by atoms with Crippen LogP contribution in [-0.2, 0) is 0 Å². The van der Waals surface area contributed by atoms with Gasteiger partial charge in [0.2, 0.25) is 0 Å². The number of hydrogen-bond donors (Lipinski definition) is 0. The molecule has 0 aromatic carbocycles. The van der Waals surface area contributed by atoms with Crippen LogP contribution in [0, 0.1) is 0 Å². The molecule has 14 heavy (non-hydrogen) atoms. The zero-order valence-corrected chi connectivity index (χ0v) is 12.1. The summed E-state index contributed by atoms with van der Waals surface area (Å²) in [5.74, 6) is 4.08. The van der Waals surface area contributed by atoms with Crippen molar-refractivity contribution in [1.29, 1.82) is 0 Å². The molecule has 4 heteroatoms. The molecular formula is C10H18S4. The zero-order chi connectivity index (χ0) is 10.0. The van der Waals surface area contributed by atoms with Gasteiger partial charge < -0.3 is 0 Å². The quantitative estimate of drug-likeness (QED) is 0.645. The van der Waals surface area contributed by atoms with Gasteiger partial charge in [-0.05, 0) is 18.6 Å². The maximum Gasteiger partial charge on any atom is 0.107 e. The van der Waals surface area contributed by atoms with Crippen LogP contribution in [0.3, 0.4) is 0 Å². The predicted molar refractivity (Wildman–Crippen MR) is 75.9 cm³/mol. The highest BCUT2D eigenvalue weighted by molar-refractivity contribution is 8.36. The third kappa shape index (κ3) is 2.96. The van der Waals surface area contributed by atoms with E-state index in [1.165, 1.54) is 30.1 Å². The Balaban J connectivity index is 1.96. The summed E-state index contributed by atoms with van der Waals surface area (Å²) in [6.45, 7) is 4.76. The van der Waals surface area contributed by atoms with E-state index >= 15 is 0 Å². The Morgan fingerprint density at radius 1 is 1.07 bits per heavy atom. The van der Waals surface area contributed by atoms with E-state index in [0.29, 0.717) is 3.41 Å². The summed E-state index contributed by atoms with van der Waals surface area (Å²) in [6.07, 6.45) is 2.83. The molecule has 0 bridgehead atoms. The molecule has 2 aliphatic heterocycles. The predicted octanol–water partition coefficient (Wildman–Crippen LogP) is 4.16. The van der Waals surface area contributed by atoms with Crippen molar-refractivity contribution in [2.24, 2.45) is 0 Å². The van der Waals surface area contributed by atoms with E-state index in [0.717, 1.165) is 10.5 Å². The highest BCUT2D eigenvalue weighted by atomic mass is 32.3. The Hall–Kier alpha value is 1.40. The molecule has 2 aliphatic rings. The summed E-state index contributed by atoms with van der Waals surface area (Å²) in [7, 11) is 0. The maximum atomic E-state index is 2.38. The second kappa shape index (κ2) is 5.15. The van der Waals surface area contributed by atoms with Crippen LogP contribution in [0.1, 0.15) is 26.7 Å². The molecule has 2 heterocycles. The van der Waals surface area contributed by atoms with Crippen LogP contribution in [0.15, 0.2) is 0 Å². The molecule has 82 valence electrons. The van der Waals surface area contributed by atoms with Gasteiger partial charge in [-0.1, -0.05) is 13.8 Å². The lowest BCUT2D eigenvalue weighted by atomic mass is 10.4. The average molecular weight is 267 g/mol. The summed E-state index contributed by atoms with van der Waals surface area (Å²) in [5.41, 5.74) is 0. The SMILES string of the molecule is CC1CSC2(CCCS1)SCC(C)S2. The van der Waals surface area contributed by atoms with Crippen LogP contribution in [0.25, 0.3) is 0 Å². The molecule has 2 fully saturated rings. The first-order valence-corrected chi connectivity index (χ1v) is 9.17. The van der Waals surface area contributed by atoms with Gasteiger partial charge in [-0.25, -0.2) is 0 Å². The first-order valence-electron chi connectivity index (χ1n) is 5.27. The first-order chi connectivity index (χ1) is 6.70. The van der Waals surface area contributed by atoms with Crippen molar-refractivity contribution in [3.63, 3.8) is 0 Å². The summed E-state index contributed by atoms with van der Waals surface area (Å²) >= 11 is 8.83. The molecule has 0 amide bonds. The highest BCUT2D eigenvalue weighted by Gasteiger charge is 2.40. The van der Waals surface area contributed by atoms with Crippen LogP contribution in [0.5, 0.6) is 0 Å². The Kier molecular flexibility index (Phi) is 4.37. The minimum Gasteiger partial charge on any atom is -0.158 e. The fourth-order valence-corrected chi connectivity index (χ4v) is 8.65. The molecule has 0 aliphatic carbocycles. The molecule has 0 nitrogen and oxygen atoms in total. The van der Waals surface area contributed by atoms with E-state index in [2.05, 4.69) is 60.9 Å². The number of hydrogen-bond acceptors (Lipinski definition) is 4. The van der Waals surface area contributed by atoms with Crippen LogP contribution >= 0.6 is 47.0 Å². The molecule has 0 radical (unpaired) electrons. The Bertz CT molecular complexity index is 197. The van der Waals surface area contributed by atoms with E-state index in [1.807, 2.05) is 0 Å². The number of rotatable bonds is 0. The van der Waals surface area contributed by atoms with Crippen molar-refractivity contribution in [2.45, 2.75) is 40.6 Å². The molecule has 1 spiro atoms. The third-order valence-electron chi connectivity index (χ3n) is 2.49. The summed E-state index contributed by atoms with van der Waals surface area (Å²) in [4.78, 5) is 0. The van der Waals surface area contributed by atoms with Gasteiger partial charge in [0.1, 0.15) is 3.41 Å². The Labute approximate surface area is 105 Å². The molecule has 0 aromatic heterocycles. The van der Waals surface area contributed by atoms with Crippen LogP contribution in [0.2, 0.25) is 0 Å². The average Bonchev–Trinajstić information content (AvgIpc) is 2.51. The van der Waals surface area contributed by atoms with E-state index in [-0.39, 0.29) is 0 Å². The van der Waals surface area contributed by atoms with Gasteiger partial charge in [-0.15, -0.1) is 35.3 Å². The molecule has 0 saturated carbocycles. The zero-order valence-electron chi connectivity index (χ0n) is 8.82. The first kappa shape index (κ1) is 11.9. The van der Waals surface area contributed by atoms with Gasteiger partial charge in [-0.3, -0.25) is 0 Å². The van der Waals surface area contributed by atoms with Crippen molar-refractivity contribution in [1.82, 2.24) is 0 Å². The standard InChI is InChI=1S/C10H18S4/c1-8-6-12-10(4-3-5-11-8)13-7-9(2)14-10/h8-9H,3-7H2,1-2H3. The fourth-order valence-electron chi connectivity index (χ4n) is 1.76. The largest absolute Gasteiger partial charge is 0.158 e. The minimum atomic E-state index is 0.536. The van der Waals surface area contributed by atoms with Crippen LogP contribution in [-0.4, -0.2) is 31.2 Å². The van der Waals surface area contributed by atoms with E-state index in [1.54, 1.807) is 0 Å². The lowest BCUT2D eigenvalue weighted by molar-refractivity contribution is 0.844. The smallest absolute Gasteiger partial charge is 0.107 e. The van der Waals surface area contributed by atoms with Gasteiger partial charge in [-0.2, -0.15) is 11.8 Å². The van der Waals surface area contributed by atoms with Gasteiger partial charge >= 0.3 is 0 Å².